The molecule has 1 aromatic rings. The minimum atomic E-state index is -0.107. The second-order valence-electron chi connectivity index (χ2n) is 5.95. The number of aliphatic hydroxyl groups is 1. The lowest BCUT2D eigenvalue weighted by atomic mass is 9.86. The number of ether oxygens (including phenoxy) is 1. The highest BCUT2D eigenvalue weighted by atomic mass is 16.5. The van der Waals surface area contributed by atoms with E-state index in [1.807, 2.05) is 13.8 Å². The Morgan fingerprint density at radius 2 is 2.10 bits per heavy atom. The van der Waals surface area contributed by atoms with Gasteiger partial charge in [0, 0.05) is 18.8 Å². The molecule has 1 aliphatic carbocycles. The Hall–Kier alpha value is -1.62. The zero-order valence-corrected chi connectivity index (χ0v) is 12.7. The molecule has 2 N–H and O–H groups in total. The zero-order valence-electron chi connectivity index (χ0n) is 12.7. The molecule has 1 saturated carbocycles. The van der Waals surface area contributed by atoms with Crippen molar-refractivity contribution in [3.8, 4) is 5.75 Å². The van der Waals surface area contributed by atoms with Crippen molar-refractivity contribution in [3.05, 3.63) is 24.0 Å². The number of carbonyl (C=O) groups is 1. The molecule has 1 heterocycles. The zero-order chi connectivity index (χ0) is 15.2. The molecule has 1 aromatic heterocycles. The normalized spacial score (nSPS) is 22.1. The summed E-state index contributed by atoms with van der Waals surface area (Å²) in [5, 5.41) is 12.2. The molecule has 0 atom stereocenters. The predicted octanol–water partition coefficient (Wildman–Crippen LogP) is 2.15. The first kappa shape index (κ1) is 15.8. The van der Waals surface area contributed by atoms with Gasteiger partial charge in [0.2, 0.25) is 0 Å². The van der Waals surface area contributed by atoms with Crippen LogP contribution >= 0.6 is 0 Å². The molecule has 21 heavy (non-hydrogen) atoms. The van der Waals surface area contributed by atoms with Gasteiger partial charge in [-0.2, -0.15) is 0 Å². The van der Waals surface area contributed by atoms with Crippen LogP contribution in [0.25, 0.3) is 0 Å². The monoisotopic (exact) mass is 292 g/mol. The van der Waals surface area contributed by atoms with Gasteiger partial charge in [-0.25, -0.2) is 0 Å². The largest absolute Gasteiger partial charge is 0.489 e. The molecule has 0 aromatic carbocycles. The van der Waals surface area contributed by atoms with E-state index in [9.17, 15) is 4.79 Å². The predicted molar refractivity (Wildman–Crippen MR) is 80.3 cm³/mol. The molecule has 0 unspecified atom stereocenters. The Morgan fingerprint density at radius 1 is 1.38 bits per heavy atom. The third-order valence-electron chi connectivity index (χ3n) is 3.79. The summed E-state index contributed by atoms with van der Waals surface area (Å²) in [6.07, 6.45) is 7.01. The number of hydrogen-bond donors (Lipinski definition) is 2. The number of aliphatic hydroxyl groups excluding tert-OH is 1. The average Bonchev–Trinajstić information content (AvgIpc) is 2.47. The van der Waals surface area contributed by atoms with Crippen molar-refractivity contribution in [3.63, 3.8) is 0 Å². The van der Waals surface area contributed by atoms with E-state index in [4.69, 9.17) is 9.84 Å². The van der Waals surface area contributed by atoms with E-state index >= 15 is 0 Å². The lowest BCUT2D eigenvalue weighted by Crippen LogP contribution is -2.38. The molecule has 1 aliphatic rings. The Kier molecular flexibility index (Phi) is 5.56. The number of aromatic nitrogens is 1. The maximum absolute atomic E-state index is 12.2. The van der Waals surface area contributed by atoms with Crippen LogP contribution in [0.15, 0.2) is 18.5 Å². The highest BCUT2D eigenvalue weighted by molar-refractivity contribution is 5.94. The molecule has 0 bridgehead atoms. The van der Waals surface area contributed by atoms with Gasteiger partial charge in [0.05, 0.1) is 17.9 Å². The van der Waals surface area contributed by atoms with Gasteiger partial charge in [0.15, 0.2) is 0 Å². The van der Waals surface area contributed by atoms with Gasteiger partial charge in [0.1, 0.15) is 5.75 Å². The van der Waals surface area contributed by atoms with Gasteiger partial charge < -0.3 is 15.2 Å². The van der Waals surface area contributed by atoms with E-state index in [0.717, 1.165) is 25.7 Å². The van der Waals surface area contributed by atoms with E-state index in [2.05, 4.69) is 10.3 Å². The smallest absolute Gasteiger partial charge is 0.253 e. The van der Waals surface area contributed by atoms with Gasteiger partial charge in [-0.3, -0.25) is 9.78 Å². The van der Waals surface area contributed by atoms with Crippen LogP contribution in [0.3, 0.4) is 0 Å². The van der Waals surface area contributed by atoms with Crippen LogP contribution in [0.1, 0.15) is 49.9 Å². The molecule has 1 fully saturated rings. The molecule has 0 saturated heterocycles. The SMILES string of the molecule is CC(C)Oc1cncc(C(=O)NC2CCC(CO)CC2)c1. The molecular formula is C16H24N2O3. The minimum absolute atomic E-state index is 0.0545. The van der Waals surface area contributed by atoms with Crippen LogP contribution < -0.4 is 10.1 Å². The standard InChI is InChI=1S/C16H24N2O3/c1-11(2)21-15-7-13(8-17-9-15)16(20)18-14-5-3-12(10-19)4-6-14/h7-9,11-12,14,19H,3-6,10H2,1-2H3,(H,18,20). The van der Waals surface area contributed by atoms with E-state index in [0.29, 0.717) is 17.2 Å². The number of nitrogens with zero attached hydrogens (tertiary/aromatic N) is 1. The molecule has 5 nitrogen and oxygen atoms in total. The van der Waals surface area contributed by atoms with Crippen molar-refractivity contribution in [2.75, 3.05) is 6.61 Å². The molecule has 0 aliphatic heterocycles. The van der Waals surface area contributed by atoms with Crippen LogP contribution in [0.5, 0.6) is 5.75 Å². The average molecular weight is 292 g/mol. The summed E-state index contributed by atoms with van der Waals surface area (Å²) in [6, 6.07) is 1.91. The number of rotatable bonds is 5. The first-order chi connectivity index (χ1) is 10.1. The van der Waals surface area contributed by atoms with E-state index < -0.39 is 0 Å². The highest BCUT2D eigenvalue weighted by Gasteiger charge is 2.22. The van der Waals surface area contributed by atoms with Crippen LogP contribution in [-0.2, 0) is 0 Å². The van der Waals surface area contributed by atoms with E-state index in [-0.39, 0.29) is 24.7 Å². The molecule has 1 amide bonds. The van der Waals surface area contributed by atoms with Crippen LogP contribution in [0.2, 0.25) is 0 Å². The summed E-state index contributed by atoms with van der Waals surface area (Å²) in [5.74, 6) is 0.897. The minimum Gasteiger partial charge on any atom is -0.489 e. The summed E-state index contributed by atoms with van der Waals surface area (Å²) in [4.78, 5) is 16.3. The maximum Gasteiger partial charge on any atom is 0.253 e. The Balaban J connectivity index is 1.91. The van der Waals surface area contributed by atoms with E-state index in [1.54, 1.807) is 18.5 Å². The first-order valence-electron chi connectivity index (χ1n) is 7.62. The van der Waals surface area contributed by atoms with Crippen molar-refractivity contribution in [2.24, 2.45) is 5.92 Å². The van der Waals surface area contributed by atoms with Crippen LogP contribution in [0.4, 0.5) is 0 Å². The summed E-state index contributed by atoms with van der Waals surface area (Å²) in [5.41, 5.74) is 0.525. The van der Waals surface area contributed by atoms with Gasteiger partial charge in [-0.1, -0.05) is 0 Å². The van der Waals surface area contributed by atoms with Gasteiger partial charge in [-0.05, 0) is 51.5 Å². The number of nitrogens with one attached hydrogen (secondary N) is 1. The summed E-state index contributed by atoms with van der Waals surface area (Å²) in [7, 11) is 0. The molecule has 5 heteroatoms. The number of hydrogen-bond acceptors (Lipinski definition) is 4. The summed E-state index contributed by atoms with van der Waals surface area (Å²) in [6.45, 7) is 4.12. The third-order valence-corrected chi connectivity index (χ3v) is 3.79. The van der Waals surface area contributed by atoms with Crippen molar-refractivity contribution in [2.45, 2.75) is 51.7 Å². The van der Waals surface area contributed by atoms with Crippen molar-refractivity contribution in [1.82, 2.24) is 10.3 Å². The van der Waals surface area contributed by atoms with Gasteiger partial charge in [0.25, 0.3) is 5.91 Å². The Bertz CT molecular complexity index is 468. The van der Waals surface area contributed by atoms with Crippen LogP contribution in [0, 0.1) is 5.92 Å². The third kappa shape index (κ3) is 4.70. The van der Waals surface area contributed by atoms with E-state index in [1.165, 1.54) is 0 Å². The van der Waals surface area contributed by atoms with Crippen molar-refractivity contribution in [1.29, 1.82) is 0 Å². The topological polar surface area (TPSA) is 71.5 Å². The quantitative estimate of drug-likeness (QED) is 0.872. The molecular weight excluding hydrogens is 268 g/mol. The molecule has 0 radical (unpaired) electrons. The highest BCUT2D eigenvalue weighted by Crippen LogP contribution is 2.24. The fourth-order valence-electron chi connectivity index (χ4n) is 2.64. The molecule has 2 rings (SSSR count). The number of carbonyl (C=O) groups excluding carboxylic acids is 1. The summed E-state index contributed by atoms with van der Waals surface area (Å²) < 4.78 is 5.55. The molecule has 116 valence electrons. The summed E-state index contributed by atoms with van der Waals surface area (Å²) >= 11 is 0. The van der Waals surface area contributed by atoms with Crippen molar-refractivity contribution < 1.29 is 14.6 Å². The maximum atomic E-state index is 12.2. The fourth-order valence-corrected chi connectivity index (χ4v) is 2.64. The second-order valence-corrected chi connectivity index (χ2v) is 5.95. The second kappa shape index (κ2) is 7.41. The van der Waals surface area contributed by atoms with Gasteiger partial charge in [-0.15, -0.1) is 0 Å². The van der Waals surface area contributed by atoms with Crippen molar-refractivity contribution >= 4 is 5.91 Å². The Morgan fingerprint density at radius 3 is 2.71 bits per heavy atom. The number of pyridine rings is 1. The lowest BCUT2D eigenvalue weighted by Gasteiger charge is -2.27. The molecule has 0 spiro atoms. The lowest BCUT2D eigenvalue weighted by molar-refractivity contribution is 0.0912. The van der Waals surface area contributed by atoms with Crippen LogP contribution in [-0.4, -0.2) is 34.8 Å². The Labute approximate surface area is 125 Å². The first-order valence-corrected chi connectivity index (χ1v) is 7.62. The van der Waals surface area contributed by atoms with Gasteiger partial charge >= 0.3 is 0 Å². The fraction of sp³-hybridized carbons (Fsp3) is 0.625. The number of amides is 1.